The molecule has 0 aromatic rings. The minimum Gasteiger partial charge on any atom is -0.380 e. The van der Waals surface area contributed by atoms with Gasteiger partial charge in [-0.1, -0.05) is 0 Å². The third kappa shape index (κ3) is 3.67. The predicted molar refractivity (Wildman–Crippen MR) is 70.3 cm³/mol. The molecule has 0 N–H and O–H groups in total. The van der Waals surface area contributed by atoms with Gasteiger partial charge in [-0.05, 0) is 13.3 Å². The Kier molecular flexibility index (Phi) is 4.97. The van der Waals surface area contributed by atoms with E-state index in [0.717, 1.165) is 59.0 Å². The Hall–Kier alpha value is -0.650. The van der Waals surface area contributed by atoms with Gasteiger partial charge >= 0.3 is 0 Å². The molecule has 0 aromatic heterocycles. The molecule has 2 rings (SSSR count). The molecule has 2 aliphatic rings. The molecule has 104 valence electrons. The second-order valence-electron chi connectivity index (χ2n) is 5.36. The van der Waals surface area contributed by atoms with Crippen molar-refractivity contribution in [3.05, 3.63) is 0 Å². The molecule has 2 fully saturated rings. The second kappa shape index (κ2) is 6.50. The van der Waals surface area contributed by atoms with Crippen LogP contribution in [0.15, 0.2) is 0 Å². The topological polar surface area (TPSA) is 36.0 Å². The lowest BCUT2D eigenvalue weighted by molar-refractivity contribution is -0.133. The van der Waals surface area contributed by atoms with Gasteiger partial charge in [-0.15, -0.1) is 0 Å². The maximum absolute atomic E-state index is 11.4. The van der Waals surface area contributed by atoms with E-state index < -0.39 is 0 Å². The second-order valence-corrected chi connectivity index (χ2v) is 5.36. The smallest absolute Gasteiger partial charge is 0.219 e. The summed E-state index contributed by atoms with van der Waals surface area (Å²) in [5.74, 6) is 0.199. The highest BCUT2D eigenvalue weighted by atomic mass is 16.5. The van der Waals surface area contributed by atoms with Crippen molar-refractivity contribution < 1.29 is 9.53 Å². The van der Waals surface area contributed by atoms with E-state index in [1.807, 2.05) is 4.90 Å². The molecule has 5 heteroatoms. The first-order valence-corrected chi connectivity index (χ1v) is 6.96. The van der Waals surface area contributed by atoms with Gasteiger partial charge in [-0.25, -0.2) is 0 Å². The minimum atomic E-state index is 0.199. The van der Waals surface area contributed by atoms with Crippen LogP contribution in [0.2, 0.25) is 0 Å². The summed E-state index contributed by atoms with van der Waals surface area (Å²) in [7, 11) is 0. The summed E-state index contributed by atoms with van der Waals surface area (Å²) >= 11 is 0. The highest BCUT2D eigenvalue weighted by molar-refractivity contribution is 5.73. The number of rotatable bonds is 2. The molecule has 18 heavy (non-hydrogen) atoms. The van der Waals surface area contributed by atoms with Crippen LogP contribution < -0.4 is 0 Å². The van der Waals surface area contributed by atoms with Crippen LogP contribution in [0, 0.1) is 0 Å². The zero-order chi connectivity index (χ0) is 13.0. The fourth-order valence-electron chi connectivity index (χ4n) is 2.85. The molecule has 2 heterocycles. The predicted octanol–water partition coefficient (Wildman–Crippen LogP) is 0.219. The Morgan fingerprint density at radius 3 is 2.72 bits per heavy atom. The molecule has 0 saturated carbocycles. The number of piperazine rings is 1. The quantitative estimate of drug-likeness (QED) is 0.707. The monoisotopic (exact) mass is 255 g/mol. The molecule has 0 bridgehead atoms. The van der Waals surface area contributed by atoms with Crippen molar-refractivity contribution in [2.75, 3.05) is 52.6 Å². The average molecular weight is 255 g/mol. The van der Waals surface area contributed by atoms with Gasteiger partial charge in [0.05, 0.1) is 13.3 Å². The maximum atomic E-state index is 11.4. The molecule has 2 saturated heterocycles. The van der Waals surface area contributed by atoms with E-state index in [2.05, 4.69) is 16.7 Å². The van der Waals surface area contributed by atoms with E-state index in [4.69, 9.17) is 4.74 Å². The van der Waals surface area contributed by atoms with Gasteiger partial charge < -0.3 is 9.64 Å². The van der Waals surface area contributed by atoms with E-state index >= 15 is 0 Å². The van der Waals surface area contributed by atoms with Crippen molar-refractivity contribution in [3.8, 4) is 0 Å². The maximum Gasteiger partial charge on any atom is 0.219 e. The highest BCUT2D eigenvalue weighted by Crippen LogP contribution is 2.11. The van der Waals surface area contributed by atoms with Gasteiger partial charge in [0.25, 0.3) is 0 Å². The fourth-order valence-corrected chi connectivity index (χ4v) is 2.85. The first-order valence-electron chi connectivity index (χ1n) is 6.96. The molecule has 5 nitrogen and oxygen atoms in total. The van der Waals surface area contributed by atoms with Crippen LogP contribution in [0.5, 0.6) is 0 Å². The fraction of sp³-hybridized carbons (Fsp3) is 0.923. The molecular formula is C13H25N3O2. The van der Waals surface area contributed by atoms with Crippen molar-refractivity contribution >= 4 is 5.91 Å². The Bertz CT molecular complexity index is 277. The Labute approximate surface area is 110 Å². The van der Waals surface area contributed by atoms with Crippen molar-refractivity contribution in [3.63, 3.8) is 0 Å². The summed E-state index contributed by atoms with van der Waals surface area (Å²) in [5, 5.41) is 0. The standard InChI is InChI=1S/C13H25N3O2/c1-12-10-15(5-6-16(12)13(2)17)11-14-4-3-8-18-9-7-14/h12H,3-11H2,1-2H3. The lowest BCUT2D eigenvalue weighted by Crippen LogP contribution is -2.55. The van der Waals surface area contributed by atoms with E-state index in [-0.39, 0.29) is 5.91 Å². The number of ether oxygens (including phenoxy) is 1. The Morgan fingerprint density at radius 2 is 2.00 bits per heavy atom. The van der Waals surface area contributed by atoms with Crippen molar-refractivity contribution in [2.45, 2.75) is 26.3 Å². The Balaban J connectivity index is 1.79. The van der Waals surface area contributed by atoms with E-state index in [9.17, 15) is 4.79 Å². The third-order valence-electron chi connectivity index (χ3n) is 3.83. The van der Waals surface area contributed by atoms with Gasteiger partial charge in [0.1, 0.15) is 0 Å². The van der Waals surface area contributed by atoms with Gasteiger partial charge in [0.2, 0.25) is 5.91 Å². The van der Waals surface area contributed by atoms with Crippen molar-refractivity contribution in [1.29, 1.82) is 0 Å². The van der Waals surface area contributed by atoms with E-state index in [0.29, 0.717) is 6.04 Å². The van der Waals surface area contributed by atoms with Crippen LogP contribution >= 0.6 is 0 Å². The Morgan fingerprint density at radius 1 is 1.17 bits per heavy atom. The molecule has 0 aliphatic carbocycles. The molecule has 1 unspecified atom stereocenters. The number of nitrogens with zero attached hydrogens (tertiary/aromatic N) is 3. The number of carbonyl (C=O) groups excluding carboxylic acids is 1. The molecule has 1 amide bonds. The summed E-state index contributed by atoms with van der Waals surface area (Å²) in [6.45, 7) is 11.5. The first kappa shape index (κ1) is 13.8. The third-order valence-corrected chi connectivity index (χ3v) is 3.83. The van der Waals surface area contributed by atoms with E-state index in [1.165, 1.54) is 0 Å². The number of carbonyl (C=O) groups is 1. The highest BCUT2D eigenvalue weighted by Gasteiger charge is 2.26. The van der Waals surface area contributed by atoms with Crippen LogP contribution in [0.3, 0.4) is 0 Å². The summed E-state index contributed by atoms with van der Waals surface area (Å²) in [6.07, 6.45) is 1.13. The van der Waals surface area contributed by atoms with Crippen molar-refractivity contribution in [1.82, 2.24) is 14.7 Å². The van der Waals surface area contributed by atoms with Gasteiger partial charge in [-0.3, -0.25) is 14.6 Å². The first-order chi connectivity index (χ1) is 8.66. The summed E-state index contributed by atoms with van der Waals surface area (Å²) in [5.41, 5.74) is 0. The van der Waals surface area contributed by atoms with Crippen LogP contribution in [0.25, 0.3) is 0 Å². The number of amides is 1. The largest absolute Gasteiger partial charge is 0.380 e. The van der Waals surface area contributed by atoms with Crippen LogP contribution in [0.4, 0.5) is 0 Å². The molecule has 2 aliphatic heterocycles. The number of hydrogen-bond donors (Lipinski definition) is 0. The van der Waals surface area contributed by atoms with E-state index in [1.54, 1.807) is 6.92 Å². The summed E-state index contributed by atoms with van der Waals surface area (Å²) in [6, 6.07) is 0.333. The molecule has 0 spiro atoms. The van der Waals surface area contributed by atoms with Gasteiger partial charge in [-0.2, -0.15) is 0 Å². The van der Waals surface area contributed by atoms with Crippen LogP contribution in [-0.4, -0.2) is 79.3 Å². The number of hydrogen-bond acceptors (Lipinski definition) is 4. The van der Waals surface area contributed by atoms with Crippen molar-refractivity contribution in [2.24, 2.45) is 0 Å². The molecule has 0 aromatic carbocycles. The van der Waals surface area contributed by atoms with Gasteiger partial charge in [0.15, 0.2) is 0 Å². The lowest BCUT2D eigenvalue weighted by Gasteiger charge is -2.41. The summed E-state index contributed by atoms with van der Waals surface area (Å²) < 4.78 is 5.47. The van der Waals surface area contributed by atoms with Crippen LogP contribution in [-0.2, 0) is 9.53 Å². The van der Waals surface area contributed by atoms with Gasteiger partial charge in [0, 0.05) is 52.3 Å². The average Bonchev–Trinajstić information content (AvgIpc) is 2.57. The minimum absolute atomic E-state index is 0.199. The SMILES string of the molecule is CC(=O)N1CCN(CN2CCCOCC2)CC1C. The normalized spacial score (nSPS) is 28.1. The van der Waals surface area contributed by atoms with Crippen LogP contribution in [0.1, 0.15) is 20.3 Å². The molecule has 0 radical (unpaired) electrons. The molecule has 1 atom stereocenters. The zero-order valence-corrected chi connectivity index (χ0v) is 11.6. The summed E-state index contributed by atoms with van der Waals surface area (Å²) in [4.78, 5) is 18.3. The lowest BCUT2D eigenvalue weighted by atomic mass is 10.2. The zero-order valence-electron chi connectivity index (χ0n) is 11.6. The molecular weight excluding hydrogens is 230 g/mol.